The Morgan fingerprint density at radius 3 is 2.91 bits per heavy atom. The first-order valence-corrected chi connectivity index (χ1v) is 3.42. The summed E-state index contributed by atoms with van der Waals surface area (Å²) in [7, 11) is 1.58. The Morgan fingerprint density at radius 2 is 2.36 bits per heavy atom. The minimum atomic E-state index is -0.537. The van der Waals surface area contributed by atoms with Gasteiger partial charge in [0.15, 0.2) is 0 Å². The predicted octanol–water partition coefficient (Wildman–Crippen LogP) is 1.14. The number of rotatable bonds is 2. The van der Waals surface area contributed by atoms with Crippen molar-refractivity contribution in [2.75, 3.05) is 7.11 Å². The number of aliphatic hydroxyl groups is 1. The van der Waals surface area contributed by atoms with Gasteiger partial charge in [0.1, 0.15) is 5.75 Å². The lowest BCUT2D eigenvalue weighted by Crippen LogP contribution is -1.95. The largest absolute Gasteiger partial charge is 0.497 e. The van der Waals surface area contributed by atoms with Gasteiger partial charge in [-0.3, -0.25) is 4.98 Å². The van der Waals surface area contributed by atoms with Crippen molar-refractivity contribution in [1.29, 1.82) is 0 Å². The maximum Gasteiger partial charge on any atom is 0.122 e. The van der Waals surface area contributed by atoms with Crippen molar-refractivity contribution in [2.24, 2.45) is 0 Å². The van der Waals surface area contributed by atoms with E-state index < -0.39 is 6.10 Å². The van der Waals surface area contributed by atoms with Crippen LogP contribution in [0.1, 0.15) is 18.7 Å². The lowest BCUT2D eigenvalue weighted by molar-refractivity contribution is 0.194. The van der Waals surface area contributed by atoms with E-state index in [1.54, 1.807) is 32.4 Å². The molecule has 0 saturated carbocycles. The van der Waals surface area contributed by atoms with E-state index in [2.05, 4.69) is 4.98 Å². The Bertz CT molecular complexity index is 235. The van der Waals surface area contributed by atoms with Crippen molar-refractivity contribution in [3.05, 3.63) is 24.0 Å². The quantitative estimate of drug-likeness (QED) is 0.692. The van der Waals surface area contributed by atoms with Crippen LogP contribution in [0.4, 0.5) is 0 Å². The molecule has 3 heteroatoms. The van der Waals surface area contributed by atoms with E-state index in [0.717, 1.165) is 5.75 Å². The molecular weight excluding hydrogens is 142 g/mol. The summed E-state index contributed by atoms with van der Waals surface area (Å²) in [6, 6.07) is 3.45. The minimum Gasteiger partial charge on any atom is -0.497 e. The highest BCUT2D eigenvalue weighted by Gasteiger charge is 2.02. The molecule has 0 amide bonds. The average Bonchev–Trinajstić information content (AvgIpc) is 2.05. The predicted molar refractivity (Wildman–Crippen MR) is 41.4 cm³/mol. The fourth-order valence-corrected chi connectivity index (χ4v) is 0.783. The van der Waals surface area contributed by atoms with Crippen molar-refractivity contribution in [3.8, 4) is 5.75 Å². The second kappa shape index (κ2) is 3.34. The summed E-state index contributed by atoms with van der Waals surface area (Å²) in [6.45, 7) is 1.67. The molecule has 3 nitrogen and oxygen atoms in total. The number of hydrogen-bond donors (Lipinski definition) is 1. The zero-order valence-electron chi connectivity index (χ0n) is 6.61. The van der Waals surface area contributed by atoms with Crippen molar-refractivity contribution in [3.63, 3.8) is 0 Å². The van der Waals surface area contributed by atoms with Gasteiger partial charge in [0.25, 0.3) is 0 Å². The van der Waals surface area contributed by atoms with Crippen LogP contribution in [-0.4, -0.2) is 17.2 Å². The van der Waals surface area contributed by atoms with Gasteiger partial charge in [-0.1, -0.05) is 0 Å². The van der Waals surface area contributed by atoms with Crippen molar-refractivity contribution in [2.45, 2.75) is 13.0 Å². The number of nitrogens with zero attached hydrogens (tertiary/aromatic N) is 1. The highest BCUT2D eigenvalue weighted by Crippen LogP contribution is 2.14. The molecule has 0 aromatic carbocycles. The van der Waals surface area contributed by atoms with Gasteiger partial charge in [-0.15, -0.1) is 0 Å². The zero-order chi connectivity index (χ0) is 8.27. The molecule has 0 aliphatic carbocycles. The average molecular weight is 153 g/mol. The van der Waals surface area contributed by atoms with Gasteiger partial charge in [0.05, 0.1) is 18.9 Å². The van der Waals surface area contributed by atoms with E-state index in [1.807, 2.05) is 0 Å². The first kappa shape index (κ1) is 8.01. The van der Waals surface area contributed by atoms with Gasteiger partial charge < -0.3 is 9.84 Å². The summed E-state index contributed by atoms with van der Waals surface area (Å²) in [5, 5.41) is 9.13. The molecule has 0 saturated heterocycles. The summed E-state index contributed by atoms with van der Waals surface area (Å²) in [5.74, 6) is 0.718. The Morgan fingerprint density at radius 1 is 1.64 bits per heavy atom. The Kier molecular flexibility index (Phi) is 2.44. The number of methoxy groups -OCH3 is 1. The minimum absolute atomic E-state index is 0.537. The van der Waals surface area contributed by atoms with Crippen LogP contribution in [0.15, 0.2) is 18.3 Å². The number of aromatic nitrogens is 1. The van der Waals surface area contributed by atoms with Crippen LogP contribution in [-0.2, 0) is 0 Å². The molecule has 1 N–H and O–H groups in total. The third-order valence-electron chi connectivity index (χ3n) is 1.42. The third-order valence-corrected chi connectivity index (χ3v) is 1.42. The lowest BCUT2D eigenvalue weighted by atomic mass is 10.2. The molecule has 0 radical (unpaired) electrons. The van der Waals surface area contributed by atoms with E-state index in [0.29, 0.717) is 5.69 Å². The first-order valence-electron chi connectivity index (χ1n) is 3.42. The molecule has 1 heterocycles. The second-order valence-electron chi connectivity index (χ2n) is 2.30. The standard InChI is InChI=1S/C8H11NO2/c1-6(10)8-5-7(11-2)3-4-9-8/h3-6,10H,1-2H3/t6-/m1/s1. The summed E-state index contributed by atoms with van der Waals surface area (Å²) in [5.41, 5.74) is 0.629. The molecule has 0 fully saturated rings. The van der Waals surface area contributed by atoms with Gasteiger partial charge in [0.2, 0.25) is 0 Å². The zero-order valence-corrected chi connectivity index (χ0v) is 6.61. The smallest absolute Gasteiger partial charge is 0.122 e. The van der Waals surface area contributed by atoms with Crippen LogP contribution in [0.3, 0.4) is 0 Å². The third kappa shape index (κ3) is 1.91. The normalized spacial score (nSPS) is 12.6. The van der Waals surface area contributed by atoms with Crippen LogP contribution >= 0.6 is 0 Å². The van der Waals surface area contributed by atoms with Gasteiger partial charge in [-0.25, -0.2) is 0 Å². The van der Waals surface area contributed by atoms with Crippen molar-refractivity contribution in [1.82, 2.24) is 4.98 Å². The molecule has 0 spiro atoms. The molecule has 1 aromatic rings. The van der Waals surface area contributed by atoms with Gasteiger partial charge in [0, 0.05) is 12.3 Å². The van der Waals surface area contributed by atoms with Gasteiger partial charge >= 0.3 is 0 Å². The fourth-order valence-electron chi connectivity index (χ4n) is 0.783. The van der Waals surface area contributed by atoms with E-state index in [1.165, 1.54) is 0 Å². The molecule has 0 aliphatic rings. The van der Waals surface area contributed by atoms with Crippen LogP contribution in [0.2, 0.25) is 0 Å². The lowest BCUT2D eigenvalue weighted by Gasteiger charge is -2.04. The van der Waals surface area contributed by atoms with E-state index in [-0.39, 0.29) is 0 Å². The molecule has 60 valence electrons. The molecule has 1 atom stereocenters. The van der Waals surface area contributed by atoms with Crippen LogP contribution in [0, 0.1) is 0 Å². The first-order chi connectivity index (χ1) is 5.24. The van der Waals surface area contributed by atoms with Crippen molar-refractivity contribution < 1.29 is 9.84 Å². The van der Waals surface area contributed by atoms with Crippen LogP contribution in [0.25, 0.3) is 0 Å². The number of pyridine rings is 1. The monoisotopic (exact) mass is 153 g/mol. The topological polar surface area (TPSA) is 42.4 Å². The van der Waals surface area contributed by atoms with Crippen LogP contribution < -0.4 is 4.74 Å². The molecule has 11 heavy (non-hydrogen) atoms. The highest BCUT2D eigenvalue weighted by molar-refractivity contribution is 5.23. The van der Waals surface area contributed by atoms with Crippen molar-refractivity contribution >= 4 is 0 Å². The second-order valence-corrected chi connectivity index (χ2v) is 2.30. The maximum atomic E-state index is 9.13. The molecule has 0 unspecified atom stereocenters. The van der Waals surface area contributed by atoms with E-state index in [4.69, 9.17) is 9.84 Å². The maximum absolute atomic E-state index is 9.13. The van der Waals surface area contributed by atoms with E-state index in [9.17, 15) is 0 Å². The summed E-state index contributed by atoms with van der Waals surface area (Å²) >= 11 is 0. The molecule has 1 rings (SSSR count). The van der Waals surface area contributed by atoms with Gasteiger partial charge in [-0.05, 0) is 13.0 Å². The molecule has 0 aliphatic heterocycles. The number of ether oxygens (including phenoxy) is 1. The van der Waals surface area contributed by atoms with Crippen LogP contribution in [0.5, 0.6) is 5.75 Å². The summed E-state index contributed by atoms with van der Waals surface area (Å²) < 4.78 is 4.95. The Hall–Kier alpha value is -1.09. The van der Waals surface area contributed by atoms with Gasteiger partial charge in [-0.2, -0.15) is 0 Å². The fraction of sp³-hybridized carbons (Fsp3) is 0.375. The highest BCUT2D eigenvalue weighted by atomic mass is 16.5. The summed E-state index contributed by atoms with van der Waals surface area (Å²) in [6.07, 6.45) is 1.08. The van der Waals surface area contributed by atoms with E-state index >= 15 is 0 Å². The Balaban J connectivity index is 2.91. The number of hydrogen-bond acceptors (Lipinski definition) is 3. The molecular formula is C8H11NO2. The molecule has 1 aromatic heterocycles. The Labute approximate surface area is 65.7 Å². The SMILES string of the molecule is COc1ccnc([C@@H](C)O)c1. The molecule has 0 bridgehead atoms. The summed E-state index contributed by atoms with van der Waals surface area (Å²) in [4.78, 5) is 3.96. The number of aliphatic hydroxyl groups excluding tert-OH is 1.